The van der Waals surface area contributed by atoms with Crippen molar-refractivity contribution < 1.29 is 9.21 Å². The summed E-state index contributed by atoms with van der Waals surface area (Å²) >= 11 is 1.77. The number of benzene rings is 2. The van der Waals surface area contributed by atoms with E-state index in [0.29, 0.717) is 5.76 Å². The van der Waals surface area contributed by atoms with Crippen LogP contribution in [0.3, 0.4) is 0 Å². The molecule has 0 bridgehead atoms. The molecule has 0 aliphatic carbocycles. The molecule has 0 amide bonds. The molecule has 22 heavy (non-hydrogen) atoms. The molecule has 2 nitrogen and oxygen atoms in total. The average molecular weight is 308 g/mol. The minimum absolute atomic E-state index is 0.355. The second kappa shape index (κ2) is 6.67. The fourth-order valence-electron chi connectivity index (χ4n) is 2.20. The zero-order valence-corrected chi connectivity index (χ0v) is 13.1. The smallest absolute Gasteiger partial charge is 0.185 e. The third-order valence-corrected chi connectivity index (χ3v) is 4.56. The third kappa shape index (κ3) is 3.31. The number of carbonyl (C=O) groups excluding carboxylic acids is 1. The van der Waals surface area contributed by atoms with Crippen molar-refractivity contribution in [3.8, 4) is 11.3 Å². The number of furan rings is 1. The summed E-state index contributed by atoms with van der Waals surface area (Å²) in [7, 11) is 0. The van der Waals surface area contributed by atoms with Gasteiger partial charge < -0.3 is 4.42 Å². The second-order valence-corrected chi connectivity index (χ2v) is 6.11. The van der Waals surface area contributed by atoms with Crippen LogP contribution in [0.4, 0.5) is 0 Å². The predicted molar refractivity (Wildman–Crippen MR) is 90.3 cm³/mol. The Labute approximate surface area is 134 Å². The summed E-state index contributed by atoms with van der Waals surface area (Å²) in [4.78, 5) is 11.9. The van der Waals surface area contributed by atoms with E-state index in [1.54, 1.807) is 17.8 Å². The van der Waals surface area contributed by atoms with Crippen LogP contribution in [0.25, 0.3) is 11.3 Å². The van der Waals surface area contributed by atoms with E-state index in [1.165, 1.54) is 11.1 Å². The molecule has 110 valence electrons. The highest BCUT2D eigenvalue weighted by molar-refractivity contribution is 7.98. The van der Waals surface area contributed by atoms with E-state index in [0.717, 1.165) is 28.3 Å². The van der Waals surface area contributed by atoms with Gasteiger partial charge in [-0.1, -0.05) is 48.0 Å². The highest BCUT2D eigenvalue weighted by atomic mass is 32.2. The first-order chi connectivity index (χ1) is 10.8. The second-order valence-electron chi connectivity index (χ2n) is 5.09. The molecule has 0 radical (unpaired) electrons. The number of carbonyl (C=O) groups is 1. The Hall–Kier alpha value is -2.26. The van der Waals surface area contributed by atoms with Crippen molar-refractivity contribution in [1.82, 2.24) is 0 Å². The van der Waals surface area contributed by atoms with Gasteiger partial charge in [0.1, 0.15) is 5.76 Å². The van der Waals surface area contributed by atoms with E-state index in [2.05, 4.69) is 37.3 Å². The molecule has 0 aliphatic rings. The summed E-state index contributed by atoms with van der Waals surface area (Å²) in [6, 6.07) is 20.2. The highest BCUT2D eigenvalue weighted by Gasteiger charge is 2.09. The lowest BCUT2D eigenvalue weighted by Crippen LogP contribution is -1.84. The molecule has 0 fully saturated rings. The maximum absolute atomic E-state index is 10.8. The van der Waals surface area contributed by atoms with E-state index >= 15 is 0 Å². The van der Waals surface area contributed by atoms with Gasteiger partial charge in [0.05, 0.1) is 0 Å². The topological polar surface area (TPSA) is 30.2 Å². The van der Waals surface area contributed by atoms with Crippen LogP contribution in [-0.4, -0.2) is 6.29 Å². The molecule has 0 unspecified atom stereocenters. The first-order valence-electron chi connectivity index (χ1n) is 7.09. The summed E-state index contributed by atoms with van der Waals surface area (Å²) in [6.45, 7) is 2.09. The molecule has 0 N–H and O–H groups in total. The molecule has 0 spiro atoms. The van der Waals surface area contributed by atoms with Crippen molar-refractivity contribution >= 4 is 18.0 Å². The number of thioether (sulfide) groups is 1. The number of aldehydes is 1. The van der Waals surface area contributed by atoms with Gasteiger partial charge in [-0.05, 0) is 30.7 Å². The van der Waals surface area contributed by atoms with E-state index in [9.17, 15) is 4.79 Å². The molecule has 3 rings (SSSR count). The zero-order chi connectivity index (χ0) is 15.4. The largest absolute Gasteiger partial charge is 0.453 e. The molecule has 2 aromatic carbocycles. The van der Waals surface area contributed by atoms with Crippen LogP contribution in [0.1, 0.15) is 21.7 Å². The normalized spacial score (nSPS) is 10.6. The molecule has 0 saturated carbocycles. The molecular weight excluding hydrogens is 292 g/mol. The molecular formula is C19H16O2S. The maximum atomic E-state index is 10.8. The summed E-state index contributed by atoms with van der Waals surface area (Å²) in [5.41, 5.74) is 3.58. The van der Waals surface area contributed by atoms with Gasteiger partial charge in [-0.25, -0.2) is 0 Å². The summed E-state index contributed by atoms with van der Waals surface area (Å²) in [6.07, 6.45) is 0.728. The quantitative estimate of drug-likeness (QED) is 0.469. The van der Waals surface area contributed by atoms with Gasteiger partial charge in [0.15, 0.2) is 12.0 Å². The number of rotatable bonds is 5. The monoisotopic (exact) mass is 308 g/mol. The molecule has 3 heteroatoms. The Kier molecular flexibility index (Phi) is 4.45. The highest BCUT2D eigenvalue weighted by Crippen LogP contribution is 2.34. The molecule has 0 aliphatic heterocycles. The minimum atomic E-state index is 0.355. The van der Waals surface area contributed by atoms with Crippen molar-refractivity contribution in [2.75, 3.05) is 0 Å². The number of hydrogen-bond donors (Lipinski definition) is 0. The fraction of sp³-hybridized carbons (Fsp3) is 0.105. The maximum Gasteiger partial charge on any atom is 0.185 e. The Morgan fingerprint density at radius 1 is 1.00 bits per heavy atom. The Morgan fingerprint density at radius 3 is 2.50 bits per heavy atom. The number of hydrogen-bond acceptors (Lipinski definition) is 3. The van der Waals surface area contributed by atoms with E-state index in [1.807, 2.05) is 24.3 Å². The molecule has 0 atom stereocenters. The lowest BCUT2D eigenvalue weighted by molar-refractivity contribution is 0.110. The van der Waals surface area contributed by atoms with Gasteiger partial charge in [0.2, 0.25) is 0 Å². The Bertz CT molecular complexity index is 772. The van der Waals surface area contributed by atoms with Crippen LogP contribution in [0.2, 0.25) is 0 Å². The van der Waals surface area contributed by atoms with Crippen LogP contribution >= 0.6 is 11.8 Å². The van der Waals surface area contributed by atoms with Gasteiger partial charge in [-0.3, -0.25) is 4.79 Å². The summed E-state index contributed by atoms with van der Waals surface area (Å²) in [5.74, 6) is 1.99. The third-order valence-electron chi connectivity index (χ3n) is 3.41. The van der Waals surface area contributed by atoms with Crippen LogP contribution < -0.4 is 0 Å². The van der Waals surface area contributed by atoms with Crippen molar-refractivity contribution in [2.24, 2.45) is 0 Å². The van der Waals surface area contributed by atoms with Crippen LogP contribution in [0.5, 0.6) is 0 Å². The summed E-state index contributed by atoms with van der Waals surface area (Å²) < 4.78 is 5.55. The molecule has 1 heterocycles. The molecule has 0 saturated heterocycles. The van der Waals surface area contributed by atoms with Crippen LogP contribution in [-0.2, 0) is 5.75 Å². The standard InChI is InChI=1S/C19H16O2S/c1-14-6-8-15(9-7-14)13-22-19-5-3-2-4-17(19)18-11-10-16(12-20)21-18/h2-12H,13H2,1H3. The van der Waals surface area contributed by atoms with Gasteiger partial charge in [-0.2, -0.15) is 0 Å². The Morgan fingerprint density at radius 2 is 1.77 bits per heavy atom. The fourth-order valence-corrected chi connectivity index (χ4v) is 3.22. The lowest BCUT2D eigenvalue weighted by Gasteiger charge is -2.07. The van der Waals surface area contributed by atoms with Crippen molar-refractivity contribution in [3.05, 3.63) is 77.6 Å². The van der Waals surface area contributed by atoms with Crippen molar-refractivity contribution in [3.63, 3.8) is 0 Å². The summed E-state index contributed by atoms with van der Waals surface area (Å²) in [5, 5.41) is 0. The lowest BCUT2D eigenvalue weighted by atomic mass is 10.2. The van der Waals surface area contributed by atoms with Gasteiger partial charge in [-0.15, -0.1) is 11.8 Å². The Balaban J connectivity index is 1.82. The molecule has 1 aromatic heterocycles. The van der Waals surface area contributed by atoms with E-state index in [4.69, 9.17) is 4.42 Å². The first-order valence-corrected chi connectivity index (χ1v) is 8.07. The van der Waals surface area contributed by atoms with Crippen molar-refractivity contribution in [2.45, 2.75) is 17.6 Å². The average Bonchev–Trinajstić information content (AvgIpc) is 3.03. The van der Waals surface area contributed by atoms with Crippen LogP contribution in [0, 0.1) is 6.92 Å². The van der Waals surface area contributed by atoms with E-state index < -0.39 is 0 Å². The number of aryl methyl sites for hydroxylation is 1. The van der Waals surface area contributed by atoms with Gasteiger partial charge >= 0.3 is 0 Å². The van der Waals surface area contributed by atoms with Gasteiger partial charge in [0, 0.05) is 16.2 Å². The molecule has 3 aromatic rings. The first kappa shape index (κ1) is 14.7. The van der Waals surface area contributed by atoms with E-state index in [-0.39, 0.29) is 0 Å². The van der Waals surface area contributed by atoms with Crippen LogP contribution in [0.15, 0.2) is 70.0 Å². The van der Waals surface area contributed by atoms with Gasteiger partial charge in [0.25, 0.3) is 0 Å². The SMILES string of the molecule is Cc1ccc(CSc2ccccc2-c2ccc(C=O)o2)cc1. The van der Waals surface area contributed by atoms with Crippen molar-refractivity contribution in [1.29, 1.82) is 0 Å². The minimum Gasteiger partial charge on any atom is -0.453 e. The zero-order valence-electron chi connectivity index (χ0n) is 12.3. The predicted octanol–water partition coefficient (Wildman–Crippen LogP) is 5.36.